The van der Waals surface area contributed by atoms with Crippen LogP contribution in [0.25, 0.3) is 0 Å². The molecule has 6 heteroatoms. The molecule has 0 radical (unpaired) electrons. The molecule has 0 rings (SSSR count). The number of hydrogen-bond donors (Lipinski definition) is 0. The molecule has 0 N–H and O–H groups in total. The zero-order valence-corrected chi connectivity index (χ0v) is 6.69. The lowest BCUT2D eigenvalue weighted by molar-refractivity contribution is -0.351. The number of hydrogen-bond acceptors (Lipinski definition) is 2. The van der Waals surface area contributed by atoms with Gasteiger partial charge < -0.3 is 4.74 Å². The van der Waals surface area contributed by atoms with Gasteiger partial charge in [-0.15, -0.1) is 0 Å². The topological polar surface area (TPSA) is 18.5 Å². The fourth-order valence-corrected chi connectivity index (χ4v) is 0.541. The molecule has 0 saturated carbocycles. The minimum Gasteiger partial charge on any atom is -0.353 e. The van der Waals surface area contributed by atoms with Crippen molar-refractivity contribution in [2.45, 2.75) is 32.7 Å². The summed E-state index contributed by atoms with van der Waals surface area (Å²) in [6, 6.07) is 0. The normalized spacial score (nSPS) is 15.2. The fourth-order valence-electron chi connectivity index (χ4n) is 0.541. The van der Waals surface area contributed by atoms with Crippen LogP contribution in [-0.4, -0.2) is 25.4 Å². The Morgan fingerprint density at radius 2 is 1.83 bits per heavy atom. The summed E-state index contributed by atoms with van der Waals surface area (Å²) < 4.78 is 55.2. The van der Waals surface area contributed by atoms with Crippen LogP contribution in [0, 0.1) is 0 Å². The second-order valence-corrected chi connectivity index (χ2v) is 2.00. The Bertz CT molecular complexity index is 129. The van der Waals surface area contributed by atoms with Gasteiger partial charge >= 0.3 is 12.5 Å². The third-order valence-corrected chi connectivity index (χ3v) is 0.979. The van der Waals surface area contributed by atoms with Gasteiger partial charge in [-0.25, -0.2) is 8.78 Å². The summed E-state index contributed by atoms with van der Waals surface area (Å²) in [7, 11) is 0. The molecule has 0 aliphatic rings. The van der Waals surface area contributed by atoms with E-state index in [1.54, 1.807) is 6.92 Å². The van der Waals surface area contributed by atoms with Crippen molar-refractivity contribution < 1.29 is 27.0 Å². The highest BCUT2D eigenvalue weighted by Gasteiger charge is 2.43. The Balaban J connectivity index is 3.88. The van der Waals surface area contributed by atoms with E-state index in [1.165, 1.54) is 0 Å². The van der Waals surface area contributed by atoms with Gasteiger partial charge in [-0.2, -0.15) is 8.78 Å². The van der Waals surface area contributed by atoms with Crippen molar-refractivity contribution in [3.8, 4) is 0 Å². The molecule has 0 saturated heterocycles. The van der Waals surface area contributed by atoms with Crippen LogP contribution in [0.15, 0.2) is 0 Å². The molecular formula is C6H10F4O2. The molecule has 0 bridgehead atoms. The van der Waals surface area contributed by atoms with Gasteiger partial charge in [-0.1, -0.05) is 0 Å². The van der Waals surface area contributed by atoms with E-state index >= 15 is 0 Å². The summed E-state index contributed by atoms with van der Waals surface area (Å²) in [5.41, 5.74) is 0. The van der Waals surface area contributed by atoms with Gasteiger partial charge in [0.05, 0.1) is 0 Å². The molecule has 1 atom stereocenters. The quantitative estimate of drug-likeness (QED) is 0.489. The zero-order chi connectivity index (χ0) is 9.78. The number of halogens is 4. The molecular weight excluding hydrogens is 180 g/mol. The molecule has 0 aromatic carbocycles. The SMILES string of the molecule is CCOC(C)OC(F)(F)C(F)F. The first-order chi connectivity index (χ1) is 5.40. The zero-order valence-electron chi connectivity index (χ0n) is 6.69. The minimum absolute atomic E-state index is 0.125. The molecule has 1 unspecified atom stereocenters. The van der Waals surface area contributed by atoms with Crippen molar-refractivity contribution in [3.05, 3.63) is 0 Å². The second kappa shape index (κ2) is 4.61. The van der Waals surface area contributed by atoms with Crippen LogP contribution in [-0.2, 0) is 9.47 Å². The Kier molecular flexibility index (Phi) is 4.47. The van der Waals surface area contributed by atoms with Gasteiger partial charge in [0.2, 0.25) is 0 Å². The lowest BCUT2D eigenvalue weighted by Crippen LogP contribution is -2.34. The molecule has 2 nitrogen and oxygen atoms in total. The van der Waals surface area contributed by atoms with E-state index in [2.05, 4.69) is 9.47 Å². The largest absolute Gasteiger partial charge is 0.418 e. The van der Waals surface area contributed by atoms with Gasteiger partial charge in [-0.05, 0) is 13.8 Å². The number of alkyl halides is 4. The van der Waals surface area contributed by atoms with Gasteiger partial charge in [0.1, 0.15) is 0 Å². The highest BCUT2D eigenvalue weighted by Crippen LogP contribution is 2.25. The van der Waals surface area contributed by atoms with Crippen LogP contribution in [0.1, 0.15) is 13.8 Å². The molecule has 12 heavy (non-hydrogen) atoms. The van der Waals surface area contributed by atoms with Gasteiger partial charge in [0, 0.05) is 6.61 Å². The first-order valence-electron chi connectivity index (χ1n) is 3.35. The van der Waals surface area contributed by atoms with E-state index < -0.39 is 18.8 Å². The molecule has 0 aromatic heterocycles. The van der Waals surface area contributed by atoms with Crippen LogP contribution in [0.5, 0.6) is 0 Å². The van der Waals surface area contributed by atoms with Crippen LogP contribution >= 0.6 is 0 Å². The van der Waals surface area contributed by atoms with Crippen LogP contribution in [0.2, 0.25) is 0 Å². The standard InChI is InChI=1S/C6H10F4O2/c1-3-11-4(2)12-6(9,10)5(7)8/h4-5H,3H2,1-2H3. The van der Waals surface area contributed by atoms with Crippen LogP contribution < -0.4 is 0 Å². The Morgan fingerprint density at radius 3 is 2.17 bits per heavy atom. The van der Waals surface area contributed by atoms with Crippen LogP contribution in [0.4, 0.5) is 17.6 Å². The highest BCUT2D eigenvalue weighted by atomic mass is 19.3. The van der Waals surface area contributed by atoms with E-state index in [4.69, 9.17) is 0 Å². The average molecular weight is 190 g/mol. The smallest absolute Gasteiger partial charge is 0.353 e. The lowest BCUT2D eigenvalue weighted by Gasteiger charge is -2.20. The second-order valence-electron chi connectivity index (χ2n) is 2.00. The summed E-state index contributed by atoms with van der Waals surface area (Å²) in [6.45, 7) is 2.79. The van der Waals surface area contributed by atoms with Gasteiger partial charge in [0.25, 0.3) is 0 Å². The maximum atomic E-state index is 12.1. The third kappa shape index (κ3) is 3.87. The summed E-state index contributed by atoms with van der Waals surface area (Å²) in [6.07, 6.45) is -9.60. The van der Waals surface area contributed by atoms with Crippen molar-refractivity contribution in [2.24, 2.45) is 0 Å². The van der Waals surface area contributed by atoms with Crippen molar-refractivity contribution in [2.75, 3.05) is 6.61 Å². The number of rotatable bonds is 5. The Labute approximate surface area is 67.5 Å². The van der Waals surface area contributed by atoms with E-state index in [-0.39, 0.29) is 6.61 Å². The average Bonchev–Trinajstić information content (AvgIpc) is 1.85. The first-order valence-corrected chi connectivity index (χ1v) is 3.35. The molecule has 0 spiro atoms. The lowest BCUT2D eigenvalue weighted by atomic mass is 10.6. The summed E-state index contributed by atoms with van der Waals surface area (Å²) in [4.78, 5) is 0. The van der Waals surface area contributed by atoms with Gasteiger partial charge in [-0.3, -0.25) is 4.74 Å². The summed E-state index contributed by atoms with van der Waals surface area (Å²) in [5.74, 6) is 0. The predicted octanol–water partition coefficient (Wildman–Crippen LogP) is 2.24. The van der Waals surface area contributed by atoms with Crippen LogP contribution in [0.3, 0.4) is 0 Å². The number of ether oxygens (including phenoxy) is 2. The molecule has 0 heterocycles. The van der Waals surface area contributed by atoms with Crippen molar-refractivity contribution >= 4 is 0 Å². The monoisotopic (exact) mass is 190 g/mol. The minimum atomic E-state index is -4.44. The first kappa shape index (κ1) is 11.6. The van der Waals surface area contributed by atoms with Crippen molar-refractivity contribution in [1.29, 1.82) is 0 Å². The summed E-state index contributed by atoms with van der Waals surface area (Å²) in [5, 5.41) is 0. The van der Waals surface area contributed by atoms with E-state index in [0.717, 1.165) is 6.92 Å². The maximum absolute atomic E-state index is 12.1. The highest BCUT2D eigenvalue weighted by molar-refractivity contribution is 4.55. The van der Waals surface area contributed by atoms with Crippen molar-refractivity contribution in [1.82, 2.24) is 0 Å². The predicted molar refractivity (Wildman–Crippen MR) is 33.1 cm³/mol. The fraction of sp³-hybridized carbons (Fsp3) is 1.00. The molecule has 0 aliphatic heterocycles. The van der Waals surface area contributed by atoms with E-state index in [0.29, 0.717) is 0 Å². The third-order valence-electron chi connectivity index (χ3n) is 0.979. The molecule has 0 aliphatic carbocycles. The van der Waals surface area contributed by atoms with E-state index in [9.17, 15) is 17.6 Å². The molecule has 74 valence electrons. The van der Waals surface area contributed by atoms with Gasteiger partial charge in [0.15, 0.2) is 6.29 Å². The Morgan fingerprint density at radius 1 is 1.33 bits per heavy atom. The Hall–Kier alpha value is -0.360. The molecule has 0 aromatic rings. The molecule has 0 fully saturated rings. The van der Waals surface area contributed by atoms with E-state index in [1.807, 2.05) is 0 Å². The summed E-state index contributed by atoms with van der Waals surface area (Å²) >= 11 is 0. The molecule has 0 amide bonds. The van der Waals surface area contributed by atoms with Crippen molar-refractivity contribution in [3.63, 3.8) is 0 Å². The maximum Gasteiger partial charge on any atom is 0.418 e.